The Morgan fingerprint density at radius 1 is 1.41 bits per heavy atom. The van der Waals surface area contributed by atoms with Crippen molar-refractivity contribution in [3.05, 3.63) is 17.7 Å². The van der Waals surface area contributed by atoms with Crippen molar-refractivity contribution in [1.82, 2.24) is 0 Å². The molecule has 0 bridgehead atoms. The summed E-state index contributed by atoms with van der Waals surface area (Å²) in [6.07, 6.45) is -0.559. The van der Waals surface area contributed by atoms with Gasteiger partial charge in [-0.15, -0.1) is 0 Å². The van der Waals surface area contributed by atoms with E-state index in [4.69, 9.17) is 15.2 Å². The van der Waals surface area contributed by atoms with Crippen LogP contribution in [0.4, 0.5) is 5.69 Å². The minimum atomic E-state index is -0.559. The molecule has 5 nitrogen and oxygen atoms in total. The maximum atomic E-state index is 10.2. The normalized spacial score (nSPS) is 22.6. The summed E-state index contributed by atoms with van der Waals surface area (Å²) in [5.74, 6) is 1.30. The van der Waals surface area contributed by atoms with Crippen LogP contribution in [0.25, 0.3) is 0 Å². The topological polar surface area (TPSA) is 76.7 Å². The predicted octanol–water partition coefficient (Wildman–Crippen LogP) is 0.738. The summed E-state index contributed by atoms with van der Waals surface area (Å²) in [6, 6.07) is 3.64. The fourth-order valence-electron chi connectivity index (χ4n) is 2.18. The van der Waals surface area contributed by atoms with Gasteiger partial charge in [0, 0.05) is 18.0 Å². The number of rotatable bonds is 3. The first-order valence-electron chi connectivity index (χ1n) is 5.59. The van der Waals surface area contributed by atoms with Crippen LogP contribution >= 0.6 is 0 Å². The molecule has 0 saturated carbocycles. The zero-order valence-electron chi connectivity index (χ0n) is 10.1. The summed E-state index contributed by atoms with van der Waals surface area (Å²) >= 11 is 0. The second-order valence-electron chi connectivity index (χ2n) is 4.09. The van der Waals surface area contributed by atoms with E-state index < -0.39 is 6.10 Å². The number of methoxy groups -OCH3 is 2. The van der Waals surface area contributed by atoms with Crippen LogP contribution in [-0.4, -0.2) is 32.4 Å². The van der Waals surface area contributed by atoms with Crippen LogP contribution < -0.4 is 20.5 Å². The van der Waals surface area contributed by atoms with Gasteiger partial charge in [-0.3, -0.25) is 0 Å². The highest BCUT2D eigenvalue weighted by Gasteiger charge is 2.30. The molecular formula is C12H18N2O3. The Bertz CT molecular complexity index is 409. The fourth-order valence-corrected chi connectivity index (χ4v) is 2.18. The molecule has 17 heavy (non-hydrogen) atoms. The summed E-state index contributed by atoms with van der Waals surface area (Å²) in [6.45, 7) is 1.08. The quantitative estimate of drug-likeness (QED) is 0.724. The molecular weight excluding hydrogens is 220 g/mol. The molecule has 0 aliphatic carbocycles. The summed E-state index contributed by atoms with van der Waals surface area (Å²) in [5, 5.41) is 13.4. The molecule has 0 spiro atoms. The Morgan fingerprint density at radius 3 is 2.76 bits per heavy atom. The van der Waals surface area contributed by atoms with Crippen LogP contribution in [0.5, 0.6) is 11.5 Å². The van der Waals surface area contributed by atoms with Gasteiger partial charge in [0.05, 0.1) is 26.0 Å². The molecule has 1 aromatic carbocycles. The molecule has 1 aromatic rings. The van der Waals surface area contributed by atoms with Gasteiger partial charge in [0.1, 0.15) is 0 Å². The zero-order valence-corrected chi connectivity index (χ0v) is 10.1. The van der Waals surface area contributed by atoms with Crippen LogP contribution in [-0.2, 0) is 0 Å². The molecule has 0 aromatic heterocycles. The molecule has 1 aliphatic rings. The monoisotopic (exact) mass is 238 g/mol. The van der Waals surface area contributed by atoms with Gasteiger partial charge < -0.3 is 25.6 Å². The SMILES string of the molecule is COc1ccc2c(c1OC)NC[C@@H](CN)[C@H]2O. The third-order valence-corrected chi connectivity index (χ3v) is 3.19. The van der Waals surface area contributed by atoms with Crippen LogP contribution in [0.15, 0.2) is 12.1 Å². The van der Waals surface area contributed by atoms with Crippen LogP contribution in [0, 0.1) is 5.92 Å². The van der Waals surface area contributed by atoms with Gasteiger partial charge in [0.15, 0.2) is 11.5 Å². The van der Waals surface area contributed by atoms with Crippen molar-refractivity contribution < 1.29 is 14.6 Å². The van der Waals surface area contributed by atoms with Crippen LogP contribution in [0.1, 0.15) is 11.7 Å². The van der Waals surface area contributed by atoms with Gasteiger partial charge in [-0.1, -0.05) is 6.07 Å². The van der Waals surface area contributed by atoms with Crippen molar-refractivity contribution in [3.8, 4) is 11.5 Å². The number of fused-ring (bicyclic) bond motifs is 1. The van der Waals surface area contributed by atoms with Gasteiger partial charge in [0.2, 0.25) is 0 Å². The Kier molecular flexibility index (Phi) is 3.40. The predicted molar refractivity (Wildman–Crippen MR) is 65.5 cm³/mol. The fraction of sp³-hybridized carbons (Fsp3) is 0.500. The Labute approximate surface area is 101 Å². The highest BCUT2D eigenvalue weighted by Crippen LogP contribution is 2.44. The van der Waals surface area contributed by atoms with Gasteiger partial charge in [-0.25, -0.2) is 0 Å². The molecule has 1 aliphatic heterocycles. The number of hydrogen-bond acceptors (Lipinski definition) is 5. The second-order valence-corrected chi connectivity index (χ2v) is 4.09. The Morgan fingerprint density at radius 2 is 2.18 bits per heavy atom. The maximum absolute atomic E-state index is 10.2. The molecule has 0 saturated heterocycles. The van der Waals surface area contributed by atoms with Gasteiger partial charge in [0.25, 0.3) is 0 Å². The number of nitrogens with one attached hydrogen (secondary N) is 1. The van der Waals surface area contributed by atoms with Gasteiger partial charge in [-0.2, -0.15) is 0 Å². The molecule has 1 heterocycles. The lowest BCUT2D eigenvalue weighted by atomic mass is 9.90. The summed E-state index contributed by atoms with van der Waals surface area (Å²) < 4.78 is 10.5. The molecule has 94 valence electrons. The average molecular weight is 238 g/mol. The molecule has 4 N–H and O–H groups in total. The van der Waals surface area contributed by atoms with Crippen molar-refractivity contribution in [3.63, 3.8) is 0 Å². The summed E-state index contributed by atoms with van der Waals surface area (Å²) in [4.78, 5) is 0. The third-order valence-electron chi connectivity index (χ3n) is 3.19. The molecule has 5 heteroatoms. The van der Waals surface area contributed by atoms with Crippen molar-refractivity contribution in [2.24, 2.45) is 11.7 Å². The maximum Gasteiger partial charge on any atom is 0.184 e. The number of ether oxygens (including phenoxy) is 2. The smallest absolute Gasteiger partial charge is 0.184 e. The number of benzene rings is 1. The van der Waals surface area contributed by atoms with E-state index >= 15 is 0 Å². The molecule has 0 unspecified atom stereocenters. The van der Waals surface area contributed by atoms with E-state index in [9.17, 15) is 5.11 Å². The first-order chi connectivity index (χ1) is 8.22. The highest BCUT2D eigenvalue weighted by molar-refractivity contribution is 5.69. The lowest BCUT2D eigenvalue weighted by Crippen LogP contribution is -2.33. The third kappa shape index (κ3) is 1.92. The molecule has 0 amide bonds. The van der Waals surface area contributed by atoms with Gasteiger partial charge in [-0.05, 0) is 12.6 Å². The van der Waals surface area contributed by atoms with E-state index in [1.807, 2.05) is 6.07 Å². The van der Waals surface area contributed by atoms with E-state index in [-0.39, 0.29) is 5.92 Å². The van der Waals surface area contributed by atoms with Crippen molar-refractivity contribution >= 4 is 5.69 Å². The zero-order chi connectivity index (χ0) is 12.4. The van der Waals surface area contributed by atoms with Crippen LogP contribution in [0.2, 0.25) is 0 Å². The summed E-state index contributed by atoms with van der Waals surface area (Å²) in [5.41, 5.74) is 7.23. The van der Waals surface area contributed by atoms with Crippen molar-refractivity contribution in [2.75, 3.05) is 32.6 Å². The minimum Gasteiger partial charge on any atom is -0.493 e. The van der Waals surface area contributed by atoms with E-state index in [0.29, 0.717) is 24.6 Å². The number of anilines is 1. The molecule has 0 fully saturated rings. The van der Waals surface area contributed by atoms with E-state index in [0.717, 1.165) is 11.3 Å². The number of nitrogens with two attached hydrogens (primary N) is 1. The number of aliphatic hydroxyl groups excluding tert-OH is 1. The first-order valence-corrected chi connectivity index (χ1v) is 5.59. The Balaban J connectivity index is 2.47. The standard InChI is InChI=1S/C12H18N2O3/c1-16-9-4-3-8-10(12(9)17-2)14-6-7(5-13)11(8)15/h3-4,7,11,14-15H,5-6,13H2,1-2H3/t7-,11-/m1/s1. The van der Waals surface area contributed by atoms with E-state index in [1.165, 1.54) is 0 Å². The van der Waals surface area contributed by atoms with E-state index in [1.54, 1.807) is 20.3 Å². The Hall–Kier alpha value is -1.46. The first kappa shape index (κ1) is 12.0. The molecule has 2 atom stereocenters. The van der Waals surface area contributed by atoms with Crippen molar-refractivity contribution in [1.29, 1.82) is 0 Å². The molecule has 2 rings (SSSR count). The lowest BCUT2D eigenvalue weighted by Gasteiger charge is -2.31. The van der Waals surface area contributed by atoms with Gasteiger partial charge >= 0.3 is 0 Å². The largest absolute Gasteiger partial charge is 0.493 e. The molecule has 0 radical (unpaired) electrons. The number of hydrogen-bond donors (Lipinski definition) is 3. The van der Waals surface area contributed by atoms with Crippen LogP contribution in [0.3, 0.4) is 0 Å². The highest BCUT2D eigenvalue weighted by atomic mass is 16.5. The summed E-state index contributed by atoms with van der Waals surface area (Å²) in [7, 11) is 3.17. The lowest BCUT2D eigenvalue weighted by molar-refractivity contribution is 0.114. The minimum absolute atomic E-state index is 0.0283. The average Bonchev–Trinajstić information content (AvgIpc) is 2.37. The van der Waals surface area contributed by atoms with Crippen molar-refractivity contribution in [2.45, 2.75) is 6.10 Å². The second kappa shape index (κ2) is 4.81. The van der Waals surface area contributed by atoms with E-state index in [2.05, 4.69) is 5.32 Å². The number of aliphatic hydroxyl groups is 1.